The van der Waals surface area contributed by atoms with Crippen LogP contribution in [0.1, 0.15) is 17.0 Å². The zero-order valence-corrected chi connectivity index (χ0v) is 15.0. The van der Waals surface area contributed by atoms with Crippen LogP contribution in [0.2, 0.25) is 0 Å². The van der Waals surface area contributed by atoms with E-state index in [2.05, 4.69) is 10.3 Å². The highest BCUT2D eigenvalue weighted by atomic mass is 19.1. The van der Waals surface area contributed by atoms with Crippen molar-refractivity contribution in [3.8, 4) is 5.75 Å². The van der Waals surface area contributed by atoms with E-state index < -0.39 is 0 Å². The molecule has 4 rings (SSSR count). The van der Waals surface area contributed by atoms with Gasteiger partial charge in [-0.15, -0.1) is 0 Å². The highest BCUT2D eigenvalue weighted by Crippen LogP contribution is 2.26. The van der Waals surface area contributed by atoms with Crippen molar-refractivity contribution in [1.82, 2.24) is 14.9 Å². The smallest absolute Gasteiger partial charge is 0.244 e. The Bertz CT molecular complexity index is 1040. The molecule has 5 nitrogen and oxygen atoms in total. The highest BCUT2D eigenvalue weighted by molar-refractivity contribution is 5.91. The minimum atomic E-state index is -0.284. The first kappa shape index (κ1) is 17.3. The van der Waals surface area contributed by atoms with Crippen LogP contribution in [0.3, 0.4) is 0 Å². The van der Waals surface area contributed by atoms with Gasteiger partial charge in [-0.2, -0.15) is 0 Å². The Kier molecular flexibility index (Phi) is 4.62. The average molecular weight is 365 g/mol. The second-order valence-electron chi connectivity index (χ2n) is 6.56. The lowest BCUT2D eigenvalue weighted by molar-refractivity contribution is -0.116. The molecule has 1 N–H and O–H groups in total. The van der Waals surface area contributed by atoms with E-state index in [1.54, 1.807) is 12.1 Å². The van der Waals surface area contributed by atoms with Gasteiger partial charge in [0.2, 0.25) is 5.91 Å². The summed E-state index contributed by atoms with van der Waals surface area (Å²) in [5.41, 5.74) is 3.65. The highest BCUT2D eigenvalue weighted by Gasteiger charge is 2.11. The molecular formula is C21H20FN3O2. The van der Waals surface area contributed by atoms with Gasteiger partial charge >= 0.3 is 0 Å². The van der Waals surface area contributed by atoms with Crippen molar-refractivity contribution in [2.45, 2.75) is 12.8 Å². The minimum absolute atomic E-state index is 0.156. The molecule has 138 valence electrons. The van der Waals surface area contributed by atoms with E-state index >= 15 is 0 Å². The van der Waals surface area contributed by atoms with Gasteiger partial charge in [0.05, 0.1) is 17.6 Å². The predicted octanol–water partition coefficient (Wildman–Crippen LogP) is 3.02. The molecule has 1 aliphatic heterocycles. The number of rotatable bonds is 5. The van der Waals surface area contributed by atoms with Crippen molar-refractivity contribution in [3.05, 3.63) is 65.2 Å². The largest absolute Gasteiger partial charge is 0.493 e. The van der Waals surface area contributed by atoms with Crippen LogP contribution in [0.4, 0.5) is 4.39 Å². The maximum Gasteiger partial charge on any atom is 0.244 e. The third-order valence-electron chi connectivity index (χ3n) is 4.72. The Morgan fingerprint density at radius 2 is 2.22 bits per heavy atom. The molecule has 6 heteroatoms. The second-order valence-corrected chi connectivity index (χ2v) is 6.56. The Balaban J connectivity index is 1.34. The normalized spacial score (nSPS) is 13.1. The van der Waals surface area contributed by atoms with E-state index in [4.69, 9.17) is 4.74 Å². The number of imidazole rings is 1. The van der Waals surface area contributed by atoms with E-state index in [0.717, 1.165) is 41.2 Å². The number of benzene rings is 2. The molecule has 0 unspecified atom stereocenters. The van der Waals surface area contributed by atoms with Crippen LogP contribution in [-0.4, -0.2) is 28.6 Å². The number of nitrogens with zero attached hydrogens (tertiary/aromatic N) is 2. The van der Waals surface area contributed by atoms with Crippen molar-refractivity contribution in [3.63, 3.8) is 0 Å². The van der Waals surface area contributed by atoms with Crippen molar-refractivity contribution in [1.29, 1.82) is 0 Å². The predicted molar refractivity (Wildman–Crippen MR) is 102 cm³/mol. The summed E-state index contributed by atoms with van der Waals surface area (Å²) < 4.78 is 20.7. The topological polar surface area (TPSA) is 56.2 Å². The Morgan fingerprint density at radius 1 is 1.33 bits per heavy atom. The molecule has 0 radical (unpaired) electrons. The molecule has 0 atom stereocenters. The zero-order chi connectivity index (χ0) is 18.8. The standard InChI is InChI=1S/C21H20FN3O2/c1-25-18-13-16(22)4-5-17(18)24-20(25)8-10-23-21(26)7-3-14-2-6-19-15(12-14)9-11-27-19/h2-7,12-13H,8-11H2,1H3,(H,23,26). The van der Waals surface area contributed by atoms with Crippen LogP contribution in [0.15, 0.2) is 42.5 Å². The molecule has 2 heterocycles. The second kappa shape index (κ2) is 7.23. The van der Waals surface area contributed by atoms with Crippen LogP contribution in [0.5, 0.6) is 5.75 Å². The van der Waals surface area contributed by atoms with Gasteiger partial charge in [-0.1, -0.05) is 6.07 Å². The molecular weight excluding hydrogens is 345 g/mol. The van der Waals surface area contributed by atoms with Crippen LogP contribution in [0, 0.1) is 5.82 Å². The molecule has 0 spiro atoms. The van der Waals surface area contributed by atoms with Crippen molar-refractivity contribution < 1.29 is 13.9 Å². The Hall–Kier alpha value is -3.15. The quantitative estimate of drug-likeness (QED) is 0.707. The fourth-order valence-electron chi connectivity index (χ4n) is 3.27. The summed E-state index contributed by atoms with van der Waals surface area (Å²) in [6.45, 7) is 1.18. The van der Waals surface area contributed by atoms with Crippen LogP contribution < -0.4 is 10.1 Å². The summed E-state index contributed by atoms with van der Waals surface area (Å²) >= 11 is 0. The molecule has 3 aromatic rings. The number of ether oxygens (including phenoxy) is 1. The summed E-state index contributed by atoms with van der Waals surface area (Å²) in [7, 11) is 1.85. The van der Waals surface area contributed by atoms with Gasteiger partial charge in [0, 0.05) is 32.5 Å². The van der Waals surface area contributed by atoms with Crippen LogP contribution in [0.25, 0.3) is 17.1 Å². The Morgan fingerprint density at radius 3 is 3.11 bits per heavy atom. The summed E-state index contributed by atoms with van der Waals surface area (Å²) in [5.74, 6) is 1.29. The average Bonchev–Trinajstić information content (AvgIpc) is 3.25. The monoisotopic (exact) mass is 365 g/mol. The number of nitrogens with one attached hydrogen (secondary N) is 1. The van der Waals surface area contributed by atoms with Gasteiger partial charge in [0.15, 0.2) is 0 Å². The first-order chi connectivity index (χ1) is 13.1. The maximum absolute atomic E-state index is 13.4. The zero-order valence-electron chi connectivity index (χ0n) is 15.0. The minimum Gasteiger partial charge on any atom is -0.493 e. The number of carbonyl (C=O) groups excluding carboxylic acids is 1. The van der Waals surface area contributed by atoms with E-state index in [1.807, 2.05) is 29.8 Å². The van der Waals surface area contributed by atoms with Gasteiger partial charge in [0.25, 0.3) is 0 Å². The molecule has 0 bridgehead atoms. The SMILES string of the molecule is Cn1c(CCNC(=O)C=Cc2ccc3c(c2)CCO3)nc2ccc(F)cc21. The number of carbonyl (C=O) groups is 1. The lowest BCUT2D eigenvalue weighted by atomic mass is 10.1. The lowest BCUT2D eigenvalue weighted by Gasteiger charge is -2.04. The van der Waals surface area contributed by atoms with Gasteiger partial charge < -0.3 is 14.6 Å². The van der Waals surface area contributed by atoms with Gasteiger partial charge in [0.1, 0.15) is 17.4 Å². The Labute approximate surface area is 156 Å². The van der Waals surface area contributed by atoms with Crippen LogP contribution >= 0.6 is 0 Å². The summed E-state index contributed by atoms with van der Waals surface area (Å²) in [5, 5.41) is 2.86. The van der Waals surface area contributed by atoms with Crippen molar-refractivity contribution in [2.75, 3.05) is 13.2 Å². The van der Waals surface area contributed by atoms with E-state index in [0.29, 0.717) is 13.0 Å². The third kappa shape index (κ3) is 3.69. The maximum atomic E-state index is 13.4. The van der Waals surface area contributed by atoms with Crippen molar-refractivity contribution in [2.24, 2.45) is 7.05 Å². The molecule has 0 fully saturated rings. The van der Waals surface area contributed by atoms with Gasteiger partial charge in [-0.25, -0.2) is 9.37 Å². The van der Waals surface area contributed by atoms with Crippen molar-refractivity contribution >= 4 is 23.0 Å². The van der Waals surface area contributed by atoms with E-state index in [1.165, 1.54) is 23.8 Å². The fourth-order valence-corrected chi connectivity index (χ4v) is 3.27. The van der Waals surface area contributed by atoms with E-state index in [9.17, 15) is 9.18 Å². The number of hydrogen-bond donors (Lipinski definition) is 1. The summed E-state index contributed by atoms with van der Waals surface area (Å²) in [6, 6.07) is 10.5. The molecule has 27 heavy (non-hydrogen) atoms. The first-order valence-corrected chi connectivity index (χ1v) is 8.92. The number of hydrogen-bond acceptors (Lipinski definition) is 3. The summed E-state index contributed by atoms with van der Waals surface area (Å²) in [4.78, 5) is 16.5. The fraction of sp³-hybridized carbons (Fsp3) is 0.238. The molecule has 0 aliphatic carbocycles. The lowest BCUT2D eigenvalue weighted by Crippen LogP contribution is -2.24. The molecule has 2 aromatic carbocycles. The number of halogens is 1. The molecule has 0 saturated carbocycles. The number of aryl methyl sites for hydroxylation is 1. The number of amides is 1. The number of fused-ring (bicyclic) bond motifs is 2. The first-order valence-electron chi connectivity index (χ1n) is 8.92. The van der Waals surface area contributed by atoms with Gasteiger partial charge in [-0.3, -0.25) is 4.79 Å². The number of aromatic nitrogens is 2. The van der Waals surface area contributed by atoms with Crippen LogP contribution in [-0.2, 0) is 24.7 Å². The van der Waals surface area contributed by atoms with E-state index in [-0.39, 0.29) is 11.7 Å². The molecule has 1 aromatic heterocycles. The molecule has 1 amide bonds. The molecule has 0 saturated heterocycles. The molecule has 1 aliphatic rings. The van der Waals surface area contributed by atoms with Gasteiger partial charge in [-0.05, 0) is 47.5 Å². The third-order valence-corrected chi connectivity index (χ3v) is 4.72. The summed E-state index contributed by atoms with van der Waals surface area (Å²) in [6.07, 6.45) is 4.81.